The summed E-state index contributed by atoms with van der Waals surface area (Å²) in [5, 5.41) is 12.0. The molecular formula is C20H30N6O3S. The van der Waals surface area contributed by atoms with Crippen LogP contribution in [0.3, 0.4) is 0 Å². The second-order valence-electron chi connectivity index (χ2n) is 7.96. The number of amides is 1. The van der Waals surface area contributed by atoms with Crippen molar-refractivity contribution in [3.8, 4) is 0 Å². The number of carbonyl (C=O) groups is 1. The van der Waals surface area contributed by atoms with E-state index >= 15 is 0 Å². The Morgan fingerprint density at radius 1 is 1.23 bits per heavy atom. The van der Waals surface area contributed by atoms with Crippen molar-refractivity contribution in [1.29, 1.82) is 0 Å². The van der Waals surface area contributed by atoms with Crippen molar-refractivity contribution in [2.24, 2.45) is 11.7 Å². The largest absolute Gasteiger partial charge is 0.369 e. The van der Waals surface area contributed by atoms with Crippen molar-refractivity contribution in [3.05, 3.63) is 35.7 Å². The Kier molecular flexibility index (Phi) is 7.19. The van der Waals surface area contributed by atoms with E-state index in [1.54, 1.807) is 24.3 Å². The highest BCUT2D eigenvalue weighted by atomic mass is 32.2. The van der Waals surface area contributed by atoms with E-state index in [1.165, 1.54) is 4.68 Å². The molecule has 30 heavy (non-hydrogen) atoms. The molecule has 1 aromatic heterocycles. The third-order valence-corrected chi connectivity index (χ3v) is 7.31. The Morgan fingerprint density at radius 3 is 2.50 bits per heavy atom. The fraction of sp³-hybridized carbons (Fsp3) is 0.600. The zero-order valence-corrected chi connectivity index (χ0v) is 18.4. The summed E-state index contributed by atoms with van der Waals surface area (Å²) in [6.07, 6.45) is 4.19. The van der Waals surface area contributed by atoms with Crippen LogP contribution in [-0.2, 0) is 20.5 Å². The van der Waals surface area contributed by atoms with Gasteiger partial charge in [0.05, 0.1) is 10.9 Å². The van der Waals surface area contributed by atoms with Gasteiger partial charge in [0.2, 0.25) is 5.91 Å². The van der Waals surface area contributed by atoms with Crippen LogP contribution in [0.25, 0.3) is 0 Å². The van der Waals surface area contributed by atoms with Crippen LogP contribution in [0.1, 0.15) is 56.5 Å². The molecular weight excluding hydrogens is 404 g/mol. The number of aryl methyl sites for hydroxylation is 1. The number of unbranched alkanes of at least 4 members (excludes halogenated alkanes) is 1. The van der Waals surface area contributed by atoms with Crippen LogP contribution in [0, 0.1) is 12.8 Å². The molecule has 1 saturated heterocycles. The average molecular weight is 435 g/mol. The maximum absolute atomic E-state index is 12.9. The summed E-state index contributed by atoms with van der Waals surface area (Å²) in [7, 11) is -3.59. The van der Waals surface area contributed by atoms with Gasteiger partial charge in [0.25, 0.3) is 0 Å². The minimum absolute atomic E-state index is 0.0954. The predicted octanol–water partition coefficient (Wildman–Crippen LogP) is 1.84. The number of tetrazole rings is 1. The summed E-state index contributed by atoms with van der Waals surface area (Å²) in [6, 6.07) is 6.68. The van der Waals surface area contributed by atoms with Crippen LogP contribution in [-0.4, -0.2) is 52.5 Å². The molecule has 2 aromatic rings. The fourth-order valence-electron chi connectivity index (χ4n) is 3.89. The average Bonchev–Trinajstić information content (AvgIpc) is 3.16. The van der Waals surface area contributed by atoms with Gasteiger partial charge < -0.3 is 5.73 Å². The predicted molar refractivity (Wildman–Crippen MR) is 112 cm³/mol. The molecule has 0 spiro atoms. The Bertz CT molecular complexity index is 949. The molecule has 1 unspecified atom stereocenters. The number of benzene rings is 1. The SMILES string of the molecule is CCCCC(c1nnnn1CS(=O)(=O)c1ccc(C)cc1)N1CCC(C(N)=O)CC1. The topological polar surface area (TPSA) is 124 Å². The standard InChI is InChI=1S/C20H30N6O3S/c1-3-4-5-18(25-12-10-16(11-13-25)19(21)27)20-22-23-24-26(20)14-30(28,29)17-8-6-15(2)7-9-17/h6-9,16,18H,3-5,10-14H2,1-2H3,(H2,21,27). The molecule has 1 amide bonds. The molecule has 1 atom stereocenters. The van der Waals surface area contributed by atoms with E-state index in [9.17, 15) is 13.2 Å². The fourth-order valence-corrected chi connectivity index (χ4v) is 5.10. The first kappa shape index (κ1) is 22.4. The van der Waals surface area contributed by atoms with Gasteiger partial charge in [-0.25, -0.2) is 13.1 Å². The van der Waals surface area contributed by atoms with Gasteiger partial charge in [-0.1, -0.05) is 37.5 Å². The van der Waals surface area contributed by atoms with Crippen LogP contribution in [0.4, 0.5) is 0 Å². The van der Waals surface area contributed by atoms with Crippen LogP contribution in [0.5, 0.6) is 0 Å². The number of hydrogen-bond acceptors (Lipinski definition) is 7. The van der Waals surface area contributed by atoms with E-state index in [1.807, 2.05) is 6.92 Å². The lowest BCUT2D eigenvalue weighted by molar-refractivity contribution is -0.123. The Morgan fingerprint density at radius 2 is 1.90 bits per heavy atom. The quantitative estimate of drug-likeness (QED) is 0.638. The second kappa shape index (κ2) is 9.65. The van der Waals surface area contributed by atoms with E-state index in [-0.39, 0.29) is 28.6 Å². The Labute approximate surface area is 177 Å². The van der Waals surface area contributed by atoms with Crippen molar-refractivity contribution < 1.29 is 13.2 Å². The number of likely N-dealkylation sites (tertiary alicyclic amines) is 1. The molecule has 164 valence electrons. The monoisotopic (exact) mass is 434 g/mol. The zero-order chi connectivity index (χ0) is 21.7. The summed E-state index contributed by atoms with van der Waals surface area (Å²) in [4.78, 5) is 14.0. The lowest BCUT2D eigenvalue weighted by Crippen LogP contribution is -2.41. The van der Waals surface area contributed by atoms with E-state index in [4.69, 9.17) is 5.73 Å². The van der Waals surface area contributed by atoms with E-state index in [0.29, 0.717) is 31.8 Å². The van der Waals surface area contributed by atoms with E-state index in [2.05, 4.69) is 27.3 Å². The lowest BCUT2D eigenvalue weighted by atomic mass is 9.94. The van der Waals surface area contributed by atoms with Gasteiger partial charge in [0, 0.05) is 5.92 Å². The number of carbonyl (C=O) groups excluding carboxylic acids is 1. The van der Waals surface area contributed by atoms with Crippen LogP contribution in [0.15, 0.2) is 29.2 Å². The zero-order valence-electron chi connectivity index (χ0n) is 17.6. The summed E-state index contributed by atoms with van der Waals surface area (Å²) in [5.74, 6) is -0.116. The minimum Gasteiger partial charge on any atom is -0.369 e. The van der Waals surface area contributed by atoms with Gasteiger partial charge in [-0.05, 0) is 61.8 Å². The van der Waals surface area contributed by atoms with Crippen LogP contribution in [0.2, 0.25) is 0 Å². The maximum atomic E-state index is 12.9. The molecule has 1 aromatic carbocycles. The number of piperidine rings is 1. The normalized spacial score (nSPS) is 17.1. The number of hydrogen-bond donors (Lipinski definition) is 1. The van der Waals surface area contributed by atoms with Gasteiger partial charge in [0.1, 0.15) is 0 Å². The number of rotatable bonds is 9. The molecule has 9 nitrogen and oxygen atoms in total. The third kappa shape index (κ3) is 5.23. The number of sulfone groups is 1. The van der Waals surface area contributed by atoms with Gasteiger partial charge in [-0.3, -0.25) is 9.69 Å². The number of primary amides is 1. The smallest absolute Gasteiger partial charge is 0.220 e. The molecule has 2 N–H and O–H groups in total. The summed E-state index contributed by atoms with van der Waals surface area (Å²) in [5.41, 5.74) is 6.46. The molecule has 0 bridgehead atoms. The first-order valence-electron chi connectivity index (χ1n) is 10.4. The van der Waals surface area contributed by atoms with Crippen molar-refractivity contribution in [2.75, 3.05) is 13.1 Å². The number of nitrogens with zero attached hydrogens (tertiary/aromatic N) is 5. The highest BCUT2D eigenvalue weighted by Gasteiger charge is 2.32. The van der Waals surface area contributed by atoms with Crippen molar-refractivity contribution in [3.63, 3.8) is 0 Å². The molecule has 0 aliphatic carbocycles. The summed E-state index contributed by atoms with van der Waals surface area (Å²) < 4.78 is 27.2. The molecule has 3 rings (SSSR count). The molecule has 2 heterocycles. The third-order valence-electron chi connectivity index (χ3n) is 5.73. The first-order chi connectivity index (χ1) is 14.3. The molecule has 1 fully saturated rings. The molecule has 10 heteroatoms. The number of nitrogens with two attached hydrogens (primary N) is 1. The van der Waals surface area contributed by atoms with E-state index in [0.717, 1.165) is 24.8 Å². The Balaban J connectivity index is 1.82. The van der Waals surface area contributed by atoms with Crippen LogP contribution < -0.4 is 5.73 Å². The van der Waals surface area contributed by atoms with E-state index < -0.39 is 9.84 Å². The van der Waals surface area contributed by atoms with Crippen molar-refractivity contribution in [2.45, 2.75) is 62.8 Å². The van der Waals surface area contributed by atoms with Gasteiger partial charge in [-0.15, -0.1) is 5.10 Å². The lowest BCUT2D eigenvalue weighted by Gasteiger charge is -2.36. The summed E-state index contributed by atoms with van der Waals surface area (Å²) >= 11 is 0. The Hall–Kier alpha value is -2.33. The molecule has 1 aliphatic heterocycles. The molecule has 0 saturated carbocycles. The van der Waals surface area contributed by atoms with Crippen molar-refractivity contribution >= 4 is 15.7 Å². The first-order valence-corrected chi connectivity index (χ1v) is 12.1. The minimum atomic E-state index is -3.59. The summed E-state index contributed by atoms with van der Waals surface area (Å²) in [6.45, 7) is 5.44. The van der Waals surface area contributed by atoms with Crippen molar-refractivity contribution in [1.82, 2.24) is 25.1 Å². The van der Waals surface area contributed by atoms with Gasteiger partial charge in [-0.2, -0.15) is 0 Å². The maximum Gasteiger partial charge on any atom is 0.220 e. The molecule has 0 radical (unpaired) electrons. The molecule has 1 aliphatic rings. The van der Waals surface area contributed by atoms with Gasteiger partial charge in [0.15, 0.2) is 21.5 Å². The highest BCUT2D eigenvalue weighted by molar-refractivity contribution is 7.90. The van der Waals surface area contributed by atoms with Gasteiger partial charge >= 0.3 is 0 Å². The number of aromatic nitrogens is 4. The second-order valence-corrected chi connectivity index (χ2v) is 9.92. The van der Waals surface area contributed by atoms with Crippen LogP contribution >= 0.6 is 0 Å². The highest BCUT2D eigenvalue weighted by Crippen LogP contribution is 2.30.